The molecule has 0 saturated heterocycles. The number of hydrogen-bond acceptors (Lipinski definition) is 3. The summed E-state index contributed by atoms with van der Waals surface area (Å²) in [6, 6.07) is 22.5. The molecule has 2 rings (SSSR count). The van der Waals surface area contributed by atoms with E-state index < -0.39 is 14.4 Å². The molecule has 2 atom stereocenters. The first-order chi connectivity index (χ1) is 12.7. The average molecular weight is 381 g/mol. The molecular formula is C23H32N2OSi. The van der Waals surface area contributed by atoms with Crippen molar-refractivity contribution in [1.29, 1.82) is 5.26 Å². The Morgan fingerprint density at radius 2 is 1.37 bits per heavy atom. The summed E-state index contributed by atoms with van der Waals surface area (Å²) in [5.41, 5.74) is 2.28. The molecule has 2 aromatic rings. The van der Waals surface area contributed by atoms with Crippen LogP contribution in [0.1, 0.15) is 44.9 Å². The highest BCUT2D eigenvalue weighted by Crippen LogP contribution is 2.37. The SMILES string of the molecule is C[C@H](O[Si](C)(C)C(C)(C)C)[C@@H](C#N)NC(c1ccccc1)c1ccccc1. The van der Waals surface area contributed by atoms with E-state index in [9.17, 15) is 5.26 Å². The quantitative estimate of drug-likeness (QED) is 0.630. The number of nitrogens with zero attached hydrogens (tertiary/aromatic N) is 1. The monoisotopic (exact) mass is 380 g/mol. The van der Waals surface area contributed by atoms with E-state index in [2.05, 4.69) is 69.5 Å². The average Bonchev–Trinajstić information content (AvgIpc) is 2.62. The van der Waals surface area contributed by atoms with Gasteiger partial charge in [0.2, 0.25) is 0 Å². The summed E-state index contributed by atoms with van der Waals surface area (Å²) in [6.07, 6.45) is -0.189. The Balaban J connectivity index is 2.26. The lowest BCUT2D eigenvalue weighted by atomic mass is 9.97. The minimum atomic E-state index is -1.95. The van der Waals surface area contributed by atoms with Gasteiger partial charge in [-0.25, -0.2) is 0 Å². The van der Waals surface area contributed by atoms with Gasteiger partial charge in [0.1, 0.15) is 6.04 Å². The van der Waals surface area contributed by atoms with Gasteiger partial charge in [-0.15, -0.1) is 0 Å². The van der Waals surface area contributed by atoms with Crippen LogP contribution in [0, 0.1) is 11.3 Å². The molecule has 3 nitrogen and oxygen atoms in total. The maximum absolute atomic E-state index is 9.86. The summed E-state index contributed by atoms with van der Waals surface area (Å²) in [7, 11) is -1.95. The zero-order chi connectivity index (χ0) is 20.1. The van der Waals surface area contributed by atoms with Crippen molar-refractivity contribution >= 4 is 8.32 Å². The second-order valence-corrected chi connectivity index (χ2v) is 13.4. The molecular weight excluding hydrogens is 348 g/mol. The van der Waals surface area contributed by atoms with Gasteiger partial charge in [0.15, 0.2) is 8.32 Å². The molecule has 4 heteroatoms. The summed E-state index contributed by atoms with van der Waals surface area (Å²) in [4.78, 5) is 0. The van der Waals surface area contributed by atoms with Gasteiger partial charge >= 0.3 is 0 Å². The first-order valence-electron chi connectivity index (χ1n) is 9.59. The number of rotatable bonds is 7. The van der Waals surface area contributed by atoms with Crippen molar-refractivity contribution in [2.24, 2.45) is 0 Å². The van der Waals surface area contributed by atoms with Crippen molar-refractivity contribution < 1.29 is 4.43 Å². The molecule has 0 aromatic heterocycles. The van der Waals surface area contributed by atoms with E-state index in [1.807, 2.05) is 43.3 Å². The predicted octanol–water partition coefficient (Wildman–Crippen LogP) is 5.67. The smallest absolute Gasteiger partial charge is 0.192 e. The van der Waals surface area contributed by atoms with Crippen LogP contribution in [0.4, 0.5) is 0 Å². The molecule has 0 heterocycles. The zero-order valence-corrected chi connectivity index (χ0v) is 18.4. The molecule has 144 valence electrons. The highest BCUT2D eigenvalue weighted by molar-refractivity contribution is 6.74. The molecule has 0 aliphatic heterocycles. The number of benzene rings is 2. The van der Waals surface area contributed by atoms with Crippen LogP contribution in [-0.4, -0.2) is 20.5 Å². The van der Waals surface area contributed by atoms with Crippen molar-refractivity contribution in [3.05, 3.63) is 71.8 Å². The number of nitriles is 1. The normalized spacial score (nSPS) is 14.6. The topological polar surface area (TPSA) is 45.0 Å². The highest BCUT2D eigenvalue weighted by atomic mass is 28.4. The molecule has 1 N–H and O–H groups in total. The van der Waals surface area contributed by atoms with E-state index in [0.717, 1.165) is 11.1 Å². The van der Waals surface area contributed by atoms with Crippen molar-refractivity contribution in [1.82, 2.24) is 5.32 Å². The molecule has 0 radical (unpaired) electrons. The minimum Gasteiger partial charge on any atom is -0.412 e. The fourth-order valence-electron chi connectivity index (χ4n) is 2.84. The van der Waals surface area contributed by atoms with E-state index >= 15 is 0 Å². The van der Waals surface area contributed by atoms with Crippen LogP contribution in [0.25, 0.3) is 0 Å². The van der Waals surface area contributed by atoms with Gasteiger partial charge < -0.3 is 4.43 Å². The third-order valence-electron chi connectivity index (χ3n) is 5.51. The minimum absolute atomic E-state index is 0.0532. The lowest BCUT2D eigenvalue weighted by Gasteiger charge is -2.40. The Kier molecular flexibility index (Phi) is 6.99. The Hall–Kier alpha value is -1.93. The molecule has 0 unspecified atom stereocenters. The molecule has 2 aromatic carbocycles. The molecule has 0 aliphatic carbocycles. The Bertz CT molecular complexity index is 708. The molecule has 0 aliphatic rings. The summed E-state index contributed by atoms with van der Waals surface area (Å²) in [5.74, 6) is 0. The van der Waals surface area contributed by atoms with E-state index in [1.165, 1.54) is 0 Å². The fraction of sp³-hybridized carbons (Fsp3) is 0.435. The third kappa shape index (κ3) is 5.52. The Morgan fingerprint density at radius 1 is 0.926 bits per heavy atom. The third-order valence-corrected chi connectivity index (χ3v) is 10.1. The van der Waals surface area contributed by atoms with E-state index in [0.29, 0.717) is 0 Å². The van der Waals surface area contributed by atoms with E-state index in [4.69, 9.17) is 4.43 Å². The lowest BCUT2D eigenvalue weighted by molar-refractivity contribution is 0.169. The van der Waals surface area contributed by atoms with Crippen molar-refractivity contribution in [3.8, 4) is 6.07 Å². The van der Waals surface area contributed by atoms with Crippen LogP contribution in [0.3, 0.4) is 0 Å². The predicted molar refractivity (Wildman–Crippen MR) is 115 cm³/mol. The second kappa shape index (κ2) is 8.84. The molecule has 27 heavy (non-hydrogen) atoms. The van der Waals surface area contributed by atoms with Crippen molar-refractivity contribution in [2.45, 2.75) is 64.0 Å². The van der Waals surface area contributed by atoms with Gasteiger partial charge in [0.05, 0.1) is 18.2 Å². The largest absolute Gasteiger partial charge is 0.412 e. The first-order valence-corrected chi connectivity index (χ1v) is 12.5. The van der Waals surface area contributed by atoms with Crippen LogP contribution >= 0.6 is 0 Å². The molecule has 0 bridgehead atoms. The summed E-state index contributed by atoms with van der Waals surface area (Å²) in [5, 5.41) is 13.5. The summed E-state index contributed by atoms with van der Waals surface area (Å²) < 4.78 is 6.48. The van der Waals surface area contributed by atoms with Gasteiger partial charge in [-0.3, -0.25) is 5.32 Å². The van der Waals surface area contributed by atoms with Gasteiger partial charge in [-0.1, -0.05) is 81.4 Å². The van der Waals surface area contributed by atoms with Crippen LogP contribution in [0.2, 0.25) is 18.1 Å². The zero-order valence-electron chi connectivity index (χ0n) is 17.4. The summed E-state index contributed by atoms with van der Waals surface area (Å²) >= 11 is 0. The lowest BCUT2D eigenvalue weighted by Crippen LogP contribution is -2.49. The summed E-state index contributed by atoms with van der Waals surface area (Å²) in [6.45, 7) is 13.1. The van der Waals surface area contributed by atoms with E-state index in [1.54, 1.807) is 0 Å². The molecule has 0 fully saturated rings. The maximum Gasteiger partial charge on any atom is 0.192 e. The van der Waals surface area contributed by atoms with Gasteiger partial charge in [0.25, 0.3) is 0 Å². The first kappa shape index (κ1) is 21.4. The van der Waals surface area contributed by atoms with E-state index in [-0.39, 0.29) is 17.2 Å². The van der Waals surface area contributed by atoms with Crippen molar-refractivity contribution in [3.63, 3.8) is 0 Å². The Morgan fingerprint density at radius 3 is 1.74 bits per heavy atom. The standard InChI is InChI=1S/C23H32N2OSi/c1-18(26-27(5,6)23(2,3)4)21(17-24)25-22(19-13-9-7-10-14-19)20-15-11-8-12-16-20/h7-16,18,21-22,25H,1-6H3/t18-,21+/m0/s1. The second-order valence-electron chi connectivity index (χ2n) is 8.61. The maximum atomic E-state index is 9.86. The molecule has 0 saturated carbocycles. The van der Waals surface area contributed by atoms with Crippen LogP contribution in [-0.2, 0) is 4.43 Å². The van der Waals surface area contributed by atoms with Crippen molar-refractivity contribution in [2.75, 3.05) is 0 Å². The Labute approximate surface area is 165 Å². The van der Waals surface area contributed by atoms with Gasteiger partial charge in [-0.05, 0) is 36.2 Å². The molecule has 0 spiro atoms. The van der Waals surface area contributed by atoms with Gasteiger partial charge in [0, 0.05) is 0 Å². The molecule has 0 amide bonds. The van der Waals surface area contributed by atoms with Crippen LogP contribution < -0.4 is 5.32 Å². The highest BCUT2D eigenvalue weighted by Gasteiger charge is 2.40. The van der Waals surface area contributed by atoms with Gasteiger partial charge in [-0.2, -0.15) is 5.26 Å². The fourth-order valence-corrected chi connectivity index (χ4v) is 4.26. The number of hydrogen-bond donors (Lipinski definition) is 1. The number of nitrogens with one attached hydrogen (secondary N) is 1. The van der Waals surface area contributed by atoms with Crippen LogP contribution in [0.15, 0.2) is 60.7 Å². The van der Waals surface area contributed by atoms with Crippen LogP contribution in [0.5, 0.6) is 0 Å².